The maximum atomic E-state index is 12.1. The van der Waals surface area contributed by atoms with E-state index >= 15 is 0 Å². The monoisotopic (exact) mass is 368 g/mol. The topological polar surface area (TPSA) is 53.0 Å². The fourth-order valence-corrected chi connectivity index (χ4v) is 3.20. The number of carbonyl (C=O) groups excluding carboxylic acids is 1. The zero-order chi connectivity index (χ0) is 19.6. The molecule has 0 atom stereocenters. The molecule has 144 valence electrons. The summed E-state index contributed by atoms with van der Waals surface area (Å²) >= 11 is 0. The molecule has 1 aliphatic rings. The number of esters is 1. The molecule has 0 aliphatic carbocycles. The zero-order valence-electron chi connectivity index (χ0n) is 16.5. The van der Waals surface area contributed by atoms with Gasteiger partial charge in [0.2, 0.25) is 0 Å². The number of hydrogen-bond acceptors (Lipinski definition) is 5. The van der Waals surface area contributed by atoms with Crippen molar-refractivity contribution in [1.29, 1.82) is 0 Å². The standard InChI is InChI=1S/C22H28N2O3/c1-16-15-19(9-10-20(16)25)24-13-11-23(12-14-24)18-7-5-17(6-8-18)21(26)27-22(2,3)4/h5-10,15,25H,11-14H2,1-4H3. The molecule has 0 amide bonds. The second kappa shape index (κ2) is 7.51. The highest BCUT2D eigenvalue weighted by Crippen LogP contribution is 2.25. The summed E-state index contributed by atoms with van der Waals surface area (Å²) in [6.07, 6.45) is 0. The summed E-state index contributed by atoms with van der Waals surface area (Å²) in [6.45, 7) is 11.2. The van der Waals surface area contributed by atoms with Crippen molar-refractivity contribution >= 4 is 17.3 Å². The summed E-state index contributed by atoms with van der Waals surface area (Å²) in [6, 6.07) is 13.4. The summed E-state index contributed by atoms with van der Waals surface area (Å²) < 4.78 is 5.41. The van der Waals surface area contributed by atoms with E-state index in [4.69, 9.17) is 4.74 Å². The van der Waals surface area contributed by atoms with Gasteiger partial charge >= 0.3 is 5.97 Å². The number of piperazine rings is 1. The van der Waals surface area contributed by atoms with Gasteiger partial charge in [-0.25, -0.2) is 4.79 Å². The second-order valence-corrected chi connectivity index (χ2v) is 7.99. The minimum Gasteiger partial charge on any atom is -0.508 e. The van der Waals surface area contributed by atoms with Crippen molar-refractivity contribution in [2.75, 3.05) is 36.0 Å². The molecule has 0 saturated carbocycles. The van der Waals surface area contributed by atoms with Gasteiger partial charge in [-0.1, -0.05) is 0 Å². The Morgan fingerprint density at radius 2 is 1.44 bits per heavy atom. The van der Waals surface area contributed by atoms with Crippen molar-refractivity contribution in [3.05, 3.63) is 53.6 Å². The molecule has 1 fully saturated rings. The Morgan fingerprint density at radius 3 is 1.96 bits per heavy atom. The van der Waals surface area contributed by atoms with Gasteiger partial charge in [-0.3, -0.25) is 0 Å². The fraction of sp³-hybridized carbons (Fsp3) is 0.409. The second-order valence-electron chi connectivity index (χ2n) is 7.99. The minimum atomic E-state index is -0.487. The number of hydrogen-bond donors (Lipinski definition) is 1. The Hall–Kier alpha value is -2.69. The number of carbonyl (C=O) groups is 1. The van der Waals surface area contributed by atoms with Gasteiger partial charge in [0.05, 0.1) is 5.56 Å². The van der Waals surface area contributed by atoms with Crippen LogP contribution in [0.1, 0.15) is 36.7 Å². The molecule has 0 spiro atoms. The van der Waals surface area contributed by atoms with Crippen molar-refractivity contribution in [2.45, 2.75) is 33.3 Å². The lowest BCUT2D eigenvalue weighted by Gasteiger charge is -2.37. The Labute approximate surface area is 161 Å². The summed E-state index contributed by atoms with van der Waals surface area (Å²) in [7, 11) is 0. The van der Waals surface area contributed by atoms with Crippen LogP contribution in [-0.2, 0) is 4.74 Å². The number of benzene rings is 2. The first-order chi connectivity index (χ1) is 12.7. The predicted molar refractivity (Wildman–Crippen MR) is 109 cm³/mol. The van der Waals surface area contributed by atoms with Crippen LogP contribution in [0.4, 0.5) is 11.4 Å². The molecule has 1 N–H and O–H groups in total. The smallest absolute Gasteiger partial charge is 0.338 e. The lowest BCUT2D eigenvalue weighted by Crippen LogP contribution is -2.46. The van der Waals surface area contributed by atoms with Crippen molar-refractivity contribution in [3.8, 4) is 5.75 Å². The maximum Gasteiger partial charge on any atom is 0.338 e. The van der Waals surface area contributed by atoms with Crippen LogP contribution in [0.5, 0.6) is 5.75 Å². The molecule has 3 rings (SSSR count). The highest BCUT2D eigenvalue weighted by Gasteiger charge is 2.20. The van der Waals surface area contributed by atoms with Gasteiger partial charge < -0.3 is 19.6 Å². The number of aryl methyl sites for hydroxylation is 1. The Bertz CT molecular complexity index is 801. The van der Waals surface area contributed by atoms with Gasteiger partial charge in [0, 0.05) is 37.6 Å². The first-order valence-corrected chi connectivity index (χ1v) is 9.36. The zero-order valence-corrected chi connectivity index (χ0v) is 16.5. The van der Waals surface area contributed by atoms with Crippen LogP contribution in [0.3, 0.4) is 0 Å². The largest absolute Gasteiger partial charge is 0.508 e. The molecule has 1 saturated heterocycles. The van der Waals surface area contributed by atoms with Crippen molar-refractivity contribution in [2.24, 2.45) is 0 Å². The van der Waals surface area contributed by atoms with E-state index in [-0.39, 0.29) is 5.97 Å². The molecule has 2 aromatic rings. The molecular formula is C22H28N2O3. The predicted octanol–water partition coefficient (Wildman–Crippen LogP) is 3.98. The minimum absolute atomic E-state index is 0.290. The quantitative estimate of drug-likeness (QED) is 0.831. The average molecular weight is 368 g/mol. The van der Waals surface area contributed by atoms with Crippen LogP contribution in [0.2, 0.25) is 0 Å². The maximum absolute atomic E-state index is 12.1. The molecule has 5 heteroatoms. The van der Waals surface area contributed by atoms with Gasteiger partial charge in [-0.15, -0.1) is 0 Å². The SMILES string of the molecule is Cc1cc(N2CCN(c3ccc(C(=O)OC(C)(C)C)cc3)CC2)ccc1O. The lowest BCUT2D eigenvalue weighted by molar-refractivity contribution is 0.00695. The Morgan fingerprint density at radius 1 is 0.926 bits per heavy atom. The average Bonchev–Trinajstić information content (AvgIpc) is 2.63. The van der Waals surface area contributed by atoms with Crippen LogP contribution >= 0.6 is 0 Å². The van der Waals surface area contributed by atoms with E-state index in [1.165, 1.54) is 0 Å². The summed E-state index contributed by atoms with van der Waals surface area (Å²) in [5, 5.41) is 9.70. The molecule has 0 aromatic heterocycles. The van der Waals surface area contributed by atoms with Crippen molar-refractivity contribution in [3.63, 3.8) is 0 Å². The first-order valence-electron chi connectivity index (χ1n) is 9.36. The lowest BCUT2D eigenvalue weighted by atomic mass is 10.1. The van der Waals surface area contributed by atoms with Crippen LogP contribution in [0, 0.1) is 6.92 Å². The molecule has 27 heavy (non-hydrogen) atoms. The van der Waals surface area contributed by atoms with Gasteiger partial charge in [-0.2, -0.15) is 0 Å². The van der Waals surface area contributed by atoms with E-state index < -0.39 is 5.60 Å². The van der Waals surface area contributed by atoms with E-state index in [9.17, 15) is 9.90 Å². The number of anilines is 2. The first kappa shape index (κ1) is 19.1. The Kier molecular flexibility index (Phi) is 5.31. The van der Waals surface area contributed by atoms with E-state index in [0.717, 1.165) is 43.1 Å². The van der Waals surface area contributed by atoms with Crippen LogP contribution in [0.15, 0.2) is 42.5 Å². The molecule has 0 radical (unpaired) electrons. The van der Waals surface area contributed by atoms with Crippen LogP contribution in [0.25, 0.3) is 0 Å². The van der Waals surface area contributed by atoms with Crippen molar-refractivity contribution < 1.29 is 14.6 Å². The van der Waals surface area contributed by atoms with E-state index in [2.05, 4.69) is 9.80 Å². The molecule has 1 heterocycles. The van der Waals surface area contributed by atoms with E-state index in [1.54, 1.807) is 6.07 Å². The number of aromatic hydroxyl groups is 1. The van der Waals surface area contributed by atoms with Crippen molar-refractivity contribution in [1.82, 2.24) is 0 Å². The number of ether oxygens (including phenoxy) is 1. The highest BCUT2D eigenvalue weighted by atomic mass is 16.6. The van der Waals surface area contributed by atoms with E-state index in [0.29, 0.717) is 11.3 Å². The third-order valence-electron chi connectivity index (χ3n) is 4.69. The summed E-state index contributed by atoms with van der Waals surface area (Å²) in [4.78, 5) is 16.8. The molecule has 5 nitrogen and oxygen atoms in total. The fourth-order valence-electron chi connectivity index (χ4n) is 3.20. The third-order valence-corrected chi connectivity index (χ3v) is 4.69. The van der Waals surface area contributed by atoms with E-state index in [1.807, 2.05) is 64.1 Å². The number of phenolic OH excluding ortho intramolecular Hbond substituents is 1. The number of nitrogens with zero attached hydrogens (tertiary/aromatic N) is 2. The normalized spacial score (nSPS) is 15.0. The molecule has 1 aliphatic heterocycles. The molecule has 0 unspecified atom stereocenters. The van der Waals surface area contributed by atoms with Gasteiger partial charge in [0.1, 0.15) is 11.4 Å². The molecule has 2 aromatic carbocycles. The number of rotatable bonds is 3. The highest BCUT2D eigenvalue weighted by molar-refractivity contribution is 5.90. The van der Waals surface area contributed by atoms with Crippen LogP contribution in [-0.4, -0.2) is 42.9 Å². The van der Waals surface area contributed by atoms with Gasteiger partial charge in [0.25, 0.3) is 0 Å². The van der Waals surface area contributed by atoms with Crippen LogP contribution < -0.4 is 9.80 Å². The summed E-state index contributed by atoms with van der Waals surface area (Å²) in [5.74, 6) is 0.0454. The molecule has 0 bridgehead atoms. The summed E-state index contributed by atoms with van der Waals surface area (Å²) in [5.41, 5.74) is 3.24. The van der Waals surface area contributed by atoms with Gasteiger partial charge in [-0.05, 0) is 75.7 Å². The molecular weight excluding hydrogens is 340 g/mol. The van der Waals surface area contributed by atoms with Gasteiger partial charge in [0.15, 0.2) is 0 Å². The number of phenols is 1. The Balaban J connectivity index is 1.61. The third kappa shape index (κ3) is 4.73.